The van der Waals surface area contributed by atoms with Crippen molar-refractivity contribution in [3.63, 3.8) is 0 Å². The van der Waals surface area contributed by atoms with E-state index in [9.17, 15) is 0 Å². The summed E-state index contributed by atoms with van der Waals surface area (Å²) in [6.07, 6.45) is 11.4. The number of aromatic nitrogens is 1. The van der Waals surface area contributed by atoms with Crippen LogP contribution in [0.3, 0.4) is 0 Å². The van der Waals surface area contributed by atoms with Gasteiger partial charge in [-0.25, -0.2) is 0 Å². The molecule has 0 radical (unpaired) electrons. The summed E-state index contributed by atoms with van der Waals surface area (Å²) >= 11 is 2.28. The van der Waals surface area contributed by atoms with Crippen LogP contribution in [0.15, 0.2) is 10.6 Å². The molecule has 1 saturated heterocycles. The summed E-state index contributed by atoms with van der Waals surface area (Å²) in [7, 11) is 0. The van der Waals surface area contributed by atoms with Gasteiger partial charge >= 0.3 is 0 Å². The largest absolute Gasteiger partial charge is 0.396 e. The van der Waals surface area contributed by atoms with Gasteiger partial charge in [-0.3, -0.25) is 0 Å². The Bertz CT molecular complexity index is 753. The number of thioether (sulfide) groups is 1. The second-order valence-electron chi connectivity index (χ2n) is 10.4. The van der Waals surface area contributed by atoms with Gasteiger partial charge in [0, 0.05) is 29.6 Å². The molecule has 3 aliphatic carbocycles. The van der Waals surface area contributed by atoms with Crippen molar-refractivity contribution in [1.82, 2.24) is 5.16 Å². The van der Waals surface area contributed by atoms with Gasteiger partial charge in [-0.05, 0) is 86.2 Å². The van der Waals surface area contributed by atoms with E-state index in [4.69, 9.17) is 20.8 Å². The summed E-state index contributed by atoms with van der Waals surface area (Å²) in [4.78, 5) is 0. The Balaban J connectivity index is 0.000000185. The summed E-state index contributed by atoms with van der Waals surface area (Å²) in [5, 5.41) is 20.2. The van der Waals surface area contributed by atoms with E-state index in [0.717, 1.165) is 47.9 Å². The Morgan fingerprint density at radius 2 is 2.07 bits per heavy atom. The van der Waals surface area contributed by atoms with Gasteiger partial charge in [0.2, 0.25) is 0 Å². The number of rotatable bonds is 3. The lowest BCUT2D eigenvalue weighted by Crippen LogP contribution is -2.53. The van der Waals surface area contributed by atoms with Crippen LogP contribution in [0.5, 0.6) is 0 Å². The third-order valence-electron chi connectivity index (χ3n) is 8.89. The van der Waals surface area contributed by atoms with E-state index in [-0.39, 0.29) is 6.61 Å². The Morgan fingerprint density at radius 3 is 2.80 bits per heavy atom. The molecule has 1 aromatic rings. The van der Waals surface area contributed by atoms with Gasteiger partial charge in [0.1, 0.15) is 0 Å². The Morgan fingerprint density at radius 1 is 1.23 bits per heavy atom. The van der Waals surface area contributed by atoms with Gasteiger partial charge in [0.25, 0.3) is 0 Å². The number of nitrogens with zero attached hydrogens (tertiary/aromatic N) is 1. The molecule has 2 heterocycles. The van der Waals surface area contributed by atoms with Crippen molar-refractivity contribution in [3.8, 4) is 0 Å². The molecule has 1 aliphatic heterocycles. The summed E-state index contributed by atoms with van der Waals surface area (Å²) < 4.78 is 5.40. The zero-order valence-corrected chi connectivity index (χ0v) is 19.5. The molecular weight excluding hydrogens is 394 g/mol. The SMILES string of the molecule is C[C@]12CCC(=N)CC1CCC1C2CC[C@]2(C)SCCC12.NCc1cc(CCO)no1. The number of fused-ring (bicyclic) bond motifs is 5. The smallest absolute Gasteiger partial charge is 0.150 e. The number of hydrogen-bond donors (Lipinski definition) is 3. The van der Waals surface area contributed by atoms with Crippen molar-refractivity contribution in [3.05, 3.63) is 17.5 Å². The van der Waals surface area contributed by atoms with Gasteiger partial charge < -0.3 is 20.8 Å². The van der Waals surface area contributed by atoms with Crippen molar-refractivity contribution in [2.45, 2.75) is 82.9 Å². The highest BCUT2D eigenvalue weighted by molar-refractivity contribution is 8.00. The molecule has 4 aliphatic rings. The van der Waals surface area contributed by atoms with E-state index in [2.05, 4.69) is 30.8 Å². The van der Waals surface area contributed by atoms with Crippen molar-refractivity contribution in [2.24, 2.45) is 34.8 Å². The molecule has 0 spiro atoms. The number of hydrogen-bond acceptors (Lipinski definition) is 6. The molecule has 4 unspecified atom stereocenters. The molecule has 0 aromatic carbocycles. The molecule has 5 rings (SSSR count). The van der Waals surface area contributed by atoms with Crippen LogP contribution in [0.2, 0.25) is 0 Å². The highest BCUT2D eigenvalue weighted by Gasteiger charge is 2.57. The molecule has 1 aromatic heterocycles. The topological polar surface area (TPSA) is 96.1 Å². The minimum absolute atomic E-state index is 0.0938. The van der Waals surface area contributed by atoms with Crippen LogP contribution in [0, 0.1) is 34.5 Å². The van der Waals surface area contributed by atoms with Gasteiger partial charge in [0.05, 0.1) is 12.2 Å². The minimum atomic E-state index is 0.0938. The second-order valence-corrected chi connectivity index (χ2v) is 12.0. The summed E-state index contributed by atoms with van der Waals surface area (Å²) in [5.74, 6) is 5.90. The zero-order valence-electron chi connectivity index (χ0n) is 18.7. The van der Waals surface area contributed by atoms with Crippen molar-refractivity contribution in [2.75, 3.05) is 12.4 Å². The van der Waals surface area contributed by atoms with Crippen molar-refractivity contribution in [1.29, 1.82) is 5.41 Å². The average Bonchev–Trinajstić information content (AvgIpc) is 3.35. The van der Waals surface area contributed by atoms with Crippen LogP contribution in [0.1, 0.15) is 76.7 Å². The first-order valence-corrected chi connectivity index (χ1v) is 12.8. The van der Waals surface area contributed by atoms with E-state index in [1.165, 1.54) is 44.3 Å². The molecular formula is C24H39N3O2S. The molecule has 6 heteroatoms. The molecule has 3 saturated carbocycles. The van der Waals surface area contributed by atoms with Crippen molar-refractivity contribution >= 4 is 17.5 Å². The molecule has 168 valence electrons. The summed E-state index contributed by atoms with van der Waals surface area (Å²) in [6, 6.07) is 1.75. The fourth-order valence-electron chi connectivity index (χ4n) is 7.17. The van der Waals surface area contributed by atoms with Crippen LogP contribution in [-0.2, 0) is 13.0 Å². The Labute approximate surface area is 185 Å². The third kappa shape index (κ3) is 4.12. The number of nitrogens with two attached hydrogens (primary N) is 1. The van der Waals surface area contributed by atoms with Gasteiger partial charge in [-0.2, -0.15) is 11.8 Å². The van der Waals surface area contributed by atoms with Gasteiger partial charge in [0.15, 0.2) is 5.76 Å². The first-order chi connectivity index (χ1) is 14.4. The van der Waals surface area contributed by atoms with Crippen LogP contribution in [0.25, 0.3) is 0 Å². The van der Waals surface area contributed by atoms with E-state index in [1.807, 2.05) is 0 Å². The predicted molar refractivity (Wildman–Crippen MR) is 123 cm³/mol. The standard InChI is InChI=1S/C18H29NS.C6H10N2O2/c1-17-8-5-13(19)11-12(17)3-4-14-15(17)6-9-18(2)16(14)7-10-20-18;7-4-6-3-5(1-2-9)8-10-6/h12,14-16,19H,3-11H2,1-2H3;3,9H,1-2,4,7H2/t12?,14?,15?,16?,17-,18-;/m0./s1. The monoisotopic (exact) mass is 433 g/mol. The zero-order chi connectivity index (χ0) is 21.4. The molecule has 5 nitrogen and oxygen atoms in total. The van der Waals surface area contributed by atoms with Crippen molar-refractivity contribution < 1.29 is 9.63 Å². The second kappa shape index (κ2) is 8.95. The fraction of sp³-hybridized carbons (Fsp3) is 0.833. The maximum absolute atomic E-state index is 8.49. The number of aliphatic hydroxyl groups excluding tert-OH is 1. The van der Waals surface area contributed by atoms with Crippen LogP contribution >= 0.6 is 11.8 Å². The van der Waals surface area contributed by atoms with E-state index in [0.29, 0.717) is 28.9 Å². The van der Waals surface area contributed by atoms with Gasteiger partial charge in [-0.15, -0.1) is 0 Å². The molecule has 0 bridgehead atoms. The Hall–Kier alpha value is -0.850. The third-order valence-corrected chi connectivity index (χ3v) is 10.5. The lowest BCUT2D eigenvalue weighted by atomic mass is 9.47. The highest BCUT2D eigenvalue weighted by Crippen LogP contribution is 2.65. The van der Waals surface area contributed by atoms with E-state index >= 15 is 0 Å². The molecule has 6 atom stereocenters. The molecule has 4 N–H and O–H groups in total. The van der Waals surface area contributed by atoms with E-state index in [1.54, 1.807) is 6.07 Å². The van der Waals surface area contributed by atoms with Crippen LogP contribution < -0.4 is 5.73 Å². The van der Waals surface area contributed by atoms with Gasteiger partial charge in [-0.1, -0.05) is 19.0 Å². The average molecular weight is 434 g/mol. The molecule has 4 fully saturated rings. The summed E-state index contributed by atoms with van der Waals surface area (Å²) in [6.45, 7) is 5.62. The first-order valence-electron chi connectivity index (χ1n) is 11.9. The molecule has 30 heavy (non-hydrogen) atoms. The predicted octanol–water partition coefficient (Wildman–Crippen LogP) is 4.81. The Kier molecular flexibility index (Phi) is 6.67. The maximum atomic E-state index is 8.49. The first kappa shape index (κ1) is 22.3. The normalized spacial score (nSPS) is 40.1. The molecule has 0 amide bonds. The quantitative estimate of drug-likeness (QED) is 0.635. The highest BCUT2D eigenvalue weighted by atomic mass is 32.2. The summed E-state index contributed by atoms with van der Waals surface area (Å²) in [5.41, 5.74) is 7.63. The van der Waals surface area contributed by atoms with Crippen LogP contribution in [-0.4, -0.2) is 33.1 Å². The number of nitrogens with one attached hydrogen (secondary N) is 1. The minimum Gasteiger partial charge on any atom is -0.396 e. The maximum Gasteiger partial charge on any atom is 0.150 e. The van der Waals surface area contributed by atoms with Crippen LogP contribution in [0.4, 0.5) is 0 Å². The number of aliphatic hydroxyl groups is 1. The van der Waals surface area contributed by atoms with E-state index < -0.39 is 0 Å². The fourth-order valence-corrected chi connectivity index (χ4v) is 8.78. The lowest BCUT2D eigenvalue weighted by Gasteiger charge is -2.59. The lowest BCUT2D eigenvalue weighted by molar-refractivity contribution is -0.0660.